The molecule has 0 radical (unpaired) electrons. The maximum atomic E-state index is 12.1. The highest BCUT2D eigenvalue weighted by Gasteiger charge is 2.40. The van der Waals surface area contributed by atoms with Gasteiger partial charge in [0.1, 0.15) is 6.61 Å². The van der Waals surface area contributed by atoms with Crippen LogP contribution in [-0.4, -0.2) is 47.7 Å². The SMILES string of the molecule is CC(C)OCC(=O)N1CC(C(=O)O)C(c2ccccc2)C1. The van der Waals surface area contributed by atoms with Crippen LogP contribution in [0.3, 0.4) is 0 Å². The first kappa shape index (κ1) is 15.5. The Kier molecular flexibility index (Phi) is 4.96. The van der Waals surface area contributed by atoms with Crippen molar-refractivity contribution >= 4 is 11.9 Å². The number of aliphatic carboxylic acids is 1. The summed E-state index contributed by atoms with van der Waals surface area (Å²) in [5.74, 6) is -1.72. The van der Waals surface area contributed by atoms with Crippen molar-refractivity contribution in [2.75, 3.05) is 19.7 Å². The number of amides is 1. The minimum Gasteiger partial charge on any atom is -0.481 e. The van der Waals surface area contributed by atoms with E-state index in [0.717, 1.165) is 5.56 Å². The summed E-state index contributed by atoms with van der Waals surface area (Å²) in [4.78, 5) is 25.1. The average Bonchev–Trinajstić information content (AvgIpc) is 2.91. The molecule has 5 nitrogen and oxygen atoms in total. The Balaban J connectivity index is 2.08. The van der Waals surface area contributed by atoms with Crippen LogP contribution < -0.4 is 0 Å². The monoisotopic (exact) mass is 291 g/mol. The number of benzene rings is 1. The van der Waals surface area contributed by atoms with Gasteiger partial charge in [0.25, 0.3) is 0 Å². The maximum Gasteiger partial charge on any atom is 0.308 e. The van der Waals surface area contributed by atoms with Crippen LogP contribution in [0.2, 0.25) is 0 Å². The normalized spacial score (nSPS) is 21.8. The molecule has 2 atom stereocenters. The highest BCUT2D eigenvalue weighted by molar-refractivity contribution is 5.80. The third-order valence-corrected chi connectivity index (χ3v) is 3.76. The van der Waals surface area contributed by atoms with Gasteiger partial charge in [-0.2, -0.15) is 0 Å². The molecule has 1 N–H and O–H groups in total. The van der Waals surface area contributed by atoms with Crippen LogP contribution in [0.1, 0.15) is 25.3 Å². The second-order valence-corrected chi connectivity index (χ2v) is 5.62. The van der Waals surface area contributed by atoms with E-state index in [2.05, 4.69) is 0 Å². The number of carbonyl (C=O) groups is 2. The molecule has 0 spiro atoms. The molecule has 0 aliphatic carbocycles. The smallest absolute Gasteiger partial charge is 0.308 e. The number of hydrogen-bond acceptors (Lipinski definition) is 3. The molecule has 0 bridgehead atoms. The molecule has 2 unspecified atom stereocenters. The average molecular weight is 291 g/mol. The zero-order valence-corrected chi connectivity index (χ0v) is 12.4. The summed E-state index contributed by atoms with van der Waals surface area (Å²) in [5.41, 5.74) is 0.963. The third-order valence-electron chi connectivity index (χ3n) is 3.76. The molecule has 21 heavy (non-hydrogen) atoms. The highest BCUT2D eigenvalue weighted by Crippen LogP contribution is 2.32. The fourth-order valence-corrected chi connectivity index (χ4v) is 2.62. The Bertz CT molecular complexity index is 500. The number of ether oxygens (including phenoxy) is 1. The van der Waals surface area contributed by atoms with Gasteiger partial charge in [0.15, 0.2) is 0 Å². The van der Waals surface area contributed by atoms with E-state index in [1.807, 2.05) is 44.2 Å². The van der Waals surface area contributed by atoms with Crippen molar-refractivity contribution in [3.8, 4) is 0 Å². The molecule has 1 fully saturated rings. The van der Waals surface area contributed by atoms with E-state index >= 15 is 0 Å². The highest BCUT2D eigenvalue weighted by atomic mass is 16.5. The van der Waals surface area contributed by atoms with E-state index in [0.29, 0.717) is 6.54 Å². The van der Waals surface area contributed by atoms with Crippen molar-refractivity contribution in [1.82, 2.24) is 4.90 Å². The molecule has 5 heteroatoms. The van der Waals surface area contributed by atoms with Gasteiger partial charge >= 0.3 is 5.97 Å². The largest absolute Gasteiger partial charge is 0.481 e. The first-order valence-corrected chi connectivity index (χ1v) is 7.16. The summed E-state index contributed by atoms with van der Waals surface area (Å²) in [6.07, 6.45) is -0.0169. The second kappa shape index (κ2) is 6.72. The predicted octanol–water partition coefficient (Wildman–Crippen LogP) is 1.74. The first-order chi connectivity index (χ1) is 9.99. The molecule has 1 aromatic carbocycles. The number of carboxylic acid groups (broad SMARTS) is 1. The first-order valence-electron chi connectivity index (χ1n) is 7.16. The lowest BCUT2D eigenvalue weighted by Gasteiger charge is -2.17. The van der Waals surface area contributed by atoms with E-state index in [9.17, 15) is 14.7 Å². The molecule has 2 rings (SSSR count). The second-order valence-electron chi connectivity index (χ2n) is 5.62. The molecule has 0 aromatic heterocycles. The Morgan fingerprint density at radius 1 is 1.29 bits per heavy atom. The zero-order valence-electron chi connectivity index (χ0n) is 12.4. The lowest BCUT2D eigenvalue weighted by atomic mass is 9.89. The lowest BCUT2D eigenvalue weighted by molar-refractivity contribution is -0.142. The summed E-state index contributed by atoms with van der Waals surface area (Å²) in [6, 6.07) is 9.51. The number of rotatable bonds is 5. The molecular formula is C16H21NO4. The summed E-state index contributed by atoms with van der Waals surface area (Å²) < 4.78 is 5.31. The van der Waals surface area contributed by atoms with E-state index in [1.54, 1.807) is 4.90 Å². The molecule has 0 saturated carbocycles. The van der Waals surface area contributed by atoms with Gasteiger partial charge in [-0.05, 0) is 19.4 Å². The van der Waals surface area contributed by atoms with Gasteiger partial charge in [0.2, 0.25) is 5.91 Å². The van der Waals surface area contributed by atoms with Crippen molar-refractivity contribution in [1.29, 1.82) is 0 Å². The number of nitrogens with zero attached hydrogens (tertiary/aromatic N) is 1. The summed E-state index contributed by atoms with van der Waals surface area (Å²) in [5, 5.41) is 9.39. The molecule has 1 heterocycles. The lowest BCUT2D eigenvalue weighted by Crippen LogP contribution is -2.33. The molecule has 1 aliphatic rings. The molecule has 114 valence electrons. The molecule has 1 aliphatic heterocycles. The zero-order chi connectivity index (χ0) is 15.4. The number of carboxylic acids is 1. The summed E-state index contributed by atoms with van der Waals surface area (Å²) in [7, 11) is 0. The fourth-order valence-electron chi connectivity index (χ4n) is 2.62. The standard InChI is InChI=1S/C16H21NO4/c1-11(2)21-10-15(18)17-8-13(14(9-17)16(19)20)12-6-4-3-5-7-12/h3-7,11,13-14H,8-10H2,1-2H3,(H,19,20). The van der Waals surface area contributed by atoms with Gasteiger partial charge in [-0.25, -0.2) is 0 Å². The van der Waals surface area contributed by atoms with E-state index < -0.39 is 11.9 Å². The van der Waals surface area contributed by atoms with Crippen molar-refractivity contribution in [2.45, 2.75) is 25.9 Å². The summed E-state index contributed by atoms with van der Waals surface area (Å²) >= 11 is 0. The van der Waals surface area contributed by atoms with Crippen LogP contribution in [0.15, 0.2) is 30.3 Å². The van der Waals surface area contributed by atoms with Crippen molar-refractivity contribution in [2.24, 2.45) is 5.92 Å². The molecular weight excluding hydrogens is 270 g/mol. The van der Waals surface area contributed by atoms with Gasteiger partial charge < -0.3 is 14.7 Å². The van der Waals surface area contributed by atoms with E-state index in [-0.39, 0.29) is 31.1 Å². The van der Waals surface area contributed by atoms with Crippen LogP contribution in [0.5, 0.6) is 0 Å². The fraction of sp³-hybridized carbons (Fsp3) is 0.500. The van der Waals surface area contributed by atoms with Gasteiger partial charge in [-0.1, -0.05) is 30.3 Å². The van der Waals surface area contributed by atoms with Crippen LogP contribution in [-0.2, 0) is 14.3 Å². The van der Waals surface area contributed by atoms with E-state index in [4.69, 9.17) is 4.74 Å². The van der Waals surface area contributed by atoms with Gasteiger partial charge in [-0.15, -0.1) is 0 Å². The Morgan fingerprint density at radius 2 is 1.95 bits per heavy atom. The van der Waals surface area contributed by atoms with Crippen molar-refractivity contribution in [3.63, 3.8) is 0 Å². The van der Waals surface area contributed by atoms with Crippen LogP contribution in [0, 0.1) is 5.92 Å². The Labute approximate surface area is 124 Å². The number of carbonyl (C=O) groups excluding carboxylic acids is 1. The van der Waals surface area contributed by atoms with Gasteiger partial charge in [0, 0.05) is 19.0 Å². The minimum atomic E-state index is -0.857. The van der Waals surface area contributed by atoms with Gasteiger partial charge in [0.05, 0.1) is 12.0 Å². The molecule has 1 amide bonds. The van der Waals surface area contributed by atoms with Crippen molar-refractivity contribution < 1.29 is 19.4 Å². The minimum absolute atomic E-state index is 0.00547. The quantitative estimate of drug-likeness (QED) is 0.897. The van der Waals surface area contributed by atoms with Gasteiger partial charge in [-0.3, -0.25) is 9.59 Å². The molecule has 1 aromatic rings. The maximum absolute atomic E-state index is 12.1. The Hall–Kier alpha value is -1.88. The number of hydrogen-bond donors (Lipinski definition) is 1. The van der Waals surface area contributed by atoms with Crippen LogP contribution in [0.25, 0.3) is 0 Å². The third kappa shape index (κ3) is 3.82. The van der Waals surface area contributed by atoms with Crippen LogP contribution in [0.4, 0.5) is 0 Å². The van der Waals surface area contributed by atoms with Crippen LogP contribution >= 0.6 is 0 Å². The Morgan fingerprint density at radius 3 is 2.52 bits per heavy atom. The topological polar surface area (TPSA) is 66.8 Å². The summed E-state index contributed by atoms with van der Waals surface area (Å²) in [6.45, 7) is 4.41. The van der Waals surface area contributed by atoms with E-state index in [1.165, 1.54) is 0 Å². The van der Waals surface area contributed by atoms with Crippen molar-refractivity contribution in [3.05, 3.63) is 35.9 Å². The number of likely N-dealkylation sites (tertiary alicyclic amines) is 1. The predicted molar refractivity (Wildman–Crippen MR) is 78.0 cm³/mol. The molecule has 1 saturated heterocycles.